The van der Waals surface area contributed by atoms with Crippen molar-refractivity contribution in [3.63, 3.8) is 0 Å². The number of aryl methyl sites for hydroxylation is 1. The molecule has 0 aliphatic heterocycles. The second-order valence-electron chi connectivity index (χ2n) is 4.15. The Hall–Kier alpha value is -2.27. The van der Waals surface area contributed by atoms with Crippen LogP contribution in [0.5, 0.6) is 0 Å². The highest BCUT2D eigenvalue weighted by atomic mass is 16.7. The molecule has 100 valence electrons. The largest absolute Gasteiger partial charge is 0.434 e. The molecule has 0 aliphatic carbocycles. The van der Waals surface area contributed by atoms with Crippen LogP contribution in [0.25, 0.3) is 0 Å². The summed E-state index contributed by atoms with van der Waals surface area (Å²) >= 11 is 0. The first-order valence-electron chi connectivity index (χ1n) is 5.87. The number of esters is 1. The van der Waals surface area contributed by atoms with E-state index >= 15 is 0 Å². The fraction of sp³-hybridized carbons (Fsp3) is 0.214. The number of nitrogen functional groups attached to an aromatic ring is 1. The Bertz CT molecular complexity index is 549. The average Bonchev–Trinajstić information content (AvgIpc) is 2.75. The molecule has 1 aromatic heterocycles. The lowest BCUT2D eigenvalue weighted by Crippen LogP contribution is -2.12. The van der Waals surface area contributed by atoms with E-state index in [9.17, 15) is 4.79 Å². The molecule has 19 heavy (non-hydrogen) atoms. The molecule has 0 saturated heterocycles. The molecule has 0 spiro atoms. The van der Waals surface area contributed by atoms with Crippen LogP contribution in [0.15, 0.2) is 42.6 Å². The van der Waals surface area contributed by atoms with Crippen LogP contribution in [0.4, 0.5) is 5.69 Å². The van der Waals surface area contributed by atoms with Gasteiger partial charge in [-0.1, -0.05) is 30.3 Å². The van der Waals surface area contributed by atoms with E-state index < -0.39 is 5.97 Å². The van der Waals surface area contributed by atoms with Crippen LogP contribution < -0.4 is 5.73 Å². The van der Waals surface area contributed by atoms with Crippen molar-refractivity contribution in [3.05, 3.63) is 53.9 Å². The van der Waals surface area contributed by atoms with Crippen molar-refractivity contribution in [1.82, 2.24) is 4.57 Å². The number of aromatic nitrogens is 1. The summed E-state index contributed by atoms with van der Waals surface area (Å²) in [6.07, 6.45) is 1.65. The monoisotopic (exact) mass is 260 g/mol. The van der Waals surface area contributed by atoms with Crippen molar-refractivity contribution in [2.45, 2.75) is 6.61 Å². The maximum atomic E-state index is 11.7. The Morgan fingerprint density at radius 1 is 1.32 bits per heavy atom. The van der Waals surface area contributed by atoms with E-state index in [1.54, 1.807) is 23.9 Å². The highest BCUT2D eigenvalue weighted by Gasteiger charge is 2.12. The normalized spacial score (nSPS) is 10.4. The van der Waals surface area contributed by atoms with Gasteiger partial charge < -0.3 is 19.8 Å². The maximum Gasteiger partial charge on any atom is 0.357 e. The number of carbonyl (C=O) groups excluding carboxylic acids is 1. The summed E-state index contributed by atoms with van der Waals surface area (Å²) in [6, 6.07) is 11.2. The number of benzene rings is 1. The number of carbonyl (C=O) groups is 1. The van der Waals surface area contributed by atoms with Gasteiger partial charge in [-0.25, -0.2) is 4.79 Å². The Kier molecular flexibility index (Phi) is 4.20. The second kappa shape index (κ2) is 6.06. The predicted octanol–water partition coefficient (Wildman–Crippen LogP) is 1.94. The van der Waals surface area contributed by atoms with Gasteiger partial charge in [-0.15, -0.1) is 0 Å². The Balaban J connectivity index is 1.77. The standard InChI is InChI=1S/C14H16N2O3/c1-16-8-12(15)7-13(16)14(17)19-10-18-9-11-5-3-2-4-6-11/h2-8H,9-10,15H2,1H3. The summed E-state index contributed by atoms with van der Waals surface area (Å²) in [5.41, 5.74) is 7.55. The van der Waals surface area contributed by atoms with Gasteiger partial charge in [0.1, 0.15) is 5.69 Å². The van der Waals surface area contributed by atoms with Crippen LogP contribution in [-0.2, 0) is 23.1 Å². The van der Waals surface area contributed by atoms with Gasteiger partial charge in [0.2, 0.25) is 0 Å². The highest BCUT2D eigenvalue weighted by Crippen LogP contribution is 2.10. The molecular weight excluding hydrogens is 244 g/mol. The Labute approximate surface area is 111 Å². The molecule has 2 aromatic rings. The zero-order valence-electron chi connectivity index (χ0n) is 10.7. The summed E-state index contributed by atoms with van der Waals surface area (Å²) in [5, 5.41) is 0. The smallest absolute Gasteiger partial charge is 0.357 e. The van der Waals surface area contributed by atoms with Gasteiger partial charge in [0.15, 0.2) is 6.79 Å². The molecule has 5 heteroatoms. The third kappa shape index (κ3) is 3.59. The Morgan fingerprint density at radius 3 is 2.68 bits per heavy atom. The lowest BCUT2D eigenvalue weighted by atomic mass is 10.2. The van der Waals surface area contributed by atoms with Crippen LogP contribution in [0.3, 0.4) is 0 Å². The van der Waals surface area contributed by atoms with Crippen LogP contribution in [0.2, 0.25) is 0 Å². The molecule has 0 unspecified atom stereocenters. The van der Waals surface area contributed by atoms with Crippen LogP contribution in [-0.4, -0.2) is 17.3 Å². The van der Waals surface area contributed by atoms with E-state index in [-0.39, 0.29) is 6.79 Å². The van der Waals surface area contributed by atoms with Crippen LogP contribution >= 0.6 is 0 Å². The van der Waals surface area contributed by atoms with Crippen LogP contribution in [0.1, 0.15) is 16.1 Å². The fourth-order valence-electron chi connectivity index (χ4n) is 1.70. The third-order valence-electron chi connectivity index (χ3n) is 2.62. The number of rotatable bonds is 5. The highest BCUT2D eigenvalue weighted by molar-refractivity contribution is 5.88. The number of nitrogens with zero attached hydrogens (tertiary/aromatic N) is 1. The molecule has 5 nitrogen and oxygen atoms in total. The van der Waals surface area contributed by atoms with Gasteiger partial charge in [0.25, 0.3) is 0 Å². The van der Waals surface area contributed by atoms with E-state index in [0.29, 0.717) is 18.0 Å². The zero-order chi connectivity index (χ0) is 13.7. The lowest BCUT2D eigenvalue weighted by molar-refractivity contribution is -0.0387. The molecule has 2 rings (SSSR count). The van der Waals surface area contributed by atoms with Crippen molar-refractivity contribution >= 4 is 11.7 Å². The van der Waals surface area contributed by atoms with Crippen LogP contribution in [0, 0.1) is 0 Å². The third-order valence-corrected chi connectivity index (χ3v) is 2.62. The van der Waals surface area contributed by atoms with Gasteiger partial charge in [0.05, 0.1) is 12.3 Å². The molecule has 0 bridgehead atoms. The molecule has 0 atom stereocenters. The first kappa shape index (κ1) is 13.2. The minimum atomic E-state index is -0.452. The molecule has 0 aliphatic rings. The zero-order valence-corrected chi connectivity index (χ0v) is 10.7. The minimum Gasteiger partial charge on any atom is -0.434 e. The van der Waals surface area contributed by atoms with E-state index in [1.165, 1.54) is 0 Å². The molecule has 0 fully saturated rings. The second-order valence-corrected chi connectivity index (χ2v) is 4.15. The quantitative estimate of drug-likeness (QED) is 0.507. The molecule has 0 amide bonds. The molecule has 2 N–H and O–H groups in total. The summed E-state index contributed by atoms with van der Waals surface area (Å²) in [7, 11) is 1.73. The van der Waals surface area contributed by atoms with Crippen molar-refractivity contribution in [2.24, 2.45) is 7.05 Å². The van der Waals surface area contributed by atoms with E-state index in [1.807, 2.05) is 30.3 Å². The lowest BCUT2D eigenvalue weighted by Gasteiger charge is -2.06. The van der Waals surface area contributed by atoms with Gasteiger partial charge in [-0.05, 0) is 11.6 Å². The van der Waals surface area contributed by atoms with E-state index in [2.05, 4.69) is 0 Å². The number of nitrogens with two attached hydrogens (primary N) is 1. The number of anilines is 1. The first-order chi connectivity index (χ1) is 9.16. The SMILES string of the molecule is Cn1cc(N)cc1C(=O)OCOCc1ccccc1. The van der Waals surface area contributed by atoms with E-state index in [4.69, 9.17) is 15.2 Å². The topological polar surface area (TPSA) is 66.5 Å². The van der Waals surface area contributed by atoms with Crippen molar-refractivity contribution < 1.29 is 14.3 Å². The van der Waals surface area contributed by atoms with Crippen molar-refractivity contribution in [1.29, 1.82) is 0 Å². The number of hydrogen-bond acceptors (Lipinski definition) is 4. The number of hydrogen-bond donors (Lipinski definition) is 1. The van der Waals surface area contributed by atoms with Gasteiger partial charge in [0, 0.05) is 13.2 Å². The molecule has 1 aromatic carbocycles. The minimum absolute atomic E-state index is 0.0845. The van der Waals surface area contributed by atoms with Gasteiger partial charge in [-0.3, -0.25) is 0 Å². The predicted molar refractivity (Wildman–Crippen MR) is 71.3 cm³/mol. The molecule has 0 saturated carbocycles. The fourth-order valence-corrected chi connectivity index (χ4v) is 1.70. The summed E-state index contributed by atoms with van der Waals surface area (Å²) < 4.78 is 11.9. The average molecular weight is 260 g/mol. The maximum absolute atomic E-state index is 11.7. The molecule has 1 heterocycles. The molecular formula is C14H16N2O3. The first-order valence-corrected chi connectivity index (χ1v) is 5.87. The molecule has 0 radical (unpaired) electrons. The Morgan fingerprint density at radius 2 is 2.05 bits per heavy atom. The van der Waals surface area contributed by atoms with Crippen molar-refractivity contribution in [3.8, 4) is 0 Å². The van der Waals surface area contributed by atoms with Gasteiger partial charge >= 0.3 is 5.97 Å². The summed E-state index contributed by atoms with van der Waals surface area (Å²) in [5.74, 6) is -0.452. The van der Waals surface area contributed by atoms with Crippen molar-refractivity contribution in [2.75, 3.05) is 12.5 Å². The summed E-state index contributed by atoms with van der Waals surface area (Å²) in [4.78, 5) is 11.7. The summed E-state index contributed by atoms with van der Waals surface area (Å²) in [6.45, 7) is 0.322. The number of ether oxygens (including phenoxy) is 2. The van der Waals surface area contributed by atoms with Gasteiger partial charge in [-0.2, -0.15) is 0 Å². The van der Waals surface area contributed by atoms with E-state index in [0.717, 1.165) is 5.56 Å².